The van der Waals surface area contributed by atoms with Crippen molar-refractivity contribution in [3.63, 3.8) is 0 Å². The van der Waals surface area contributed by atoms with Crippen LogP contribution < -0.4 is 10.6 Å². The fourth-order valence-electron chi connectivity index (χ4n) is 5.56. The molecule has 3 amide bonds. The number of benzene rings is 3. The molecule has 186 valence electrons. The molecule has 0 saturated carbocycles. The van der Waals surface area contributed by atoms with E-state index in [0.717, 1.165) is 38.9 Å². The van der Waals surface area contributed by atoms with Crippen LogP contribution in [0, 0.1) is 6.92 Å². The van der Waals surface area contributed by atoms with Gasteiger partial charge >= 0.3 is 0 Å². The third kappa shape index (κ3) is 3.87. The molecule has 7 nitrogen and oxygen atoms in total. The first-order valence-corrected chi connectivity index (χ1v) is 12.6. The van der Waals surface area contributed by atoms with Gasteiger partial charge in [0.2, 0.25) is 11.8 Å². The van der Waals surface area contributed by atoms with Crippen LogP contribution in [0.25, 0.3) is 10.9 Å². The number of carbonyl (C=O) groups excluding carboxylic acids is 3. The van der Waals surface area contributed by atoms with Crippen molar-refractivity contribution in [3.8, 4) is 0 Å². The second-order valence-corrected chi connectivity index (χ2v) is 9.92. The van der Waals surface area contributed by atoms with Gasteiger partial charge in [0.05, 0.1) is 6.04 Å². The van der Waals surface area contributed by atoms with E-state index in [0.29, 0.717) is 18.5 Å². The van der Waals surface area contributed by atoms with E-state index in [4.69, 9.17) is 0 Å². The smallest absolute Gasteiger partial charge is 0.255 e. The molecule has 0 unspecified atom stereocenters. The highest BCUT2D eigenvalue weighted by Crippen LogP contribution is 2.46. The zero-order valence-electron chi connectivity index (χ0n) is 20.7. The zero-order valence-corrected chi connectivity index (χ0v) is 20.7. The molecule has 3 N–H and O–H groups in total. The third-order valence-electron chi connectivity index (χ3n) is 7.49. The molecule has 0 aliphatic carbocycles. The summed E-state index contributed by atoms with van der Waals surface area (Å²) in [6.07, 6.45) is 0.374. The molecule has 3 heterocycles. The number of fused-ring (bicyclic) bond motifs is 7. The summed E-state index contributed by atoms with van der Waals surface area (Å²) in [6.45, 7) is 4.06. The number of aromatic nitrogens is 1. The second kappa shape index (κ2) is 8.92. The summed E-state index contributed by atoms with van der Waals surface area (Å²) < 4.78 is 0. The molecule has 4 aromatic rings. The molecule has 3 aromatic carbocycles. The lowest BCUT2D eigenvalue weighted by molar-refractivity contribution is -0.131. The Morgan fingerprint density at radius 3 is 2.57 bits per heavy atom. The molecule has 3 atom stereocenters. The van der Waals surface area contributed by atoms with Crippen LogP contribution in [0.4, 0.5) is 0 Å². The monoisotopic (exact) mass is 492 g/mol. The average molecular weight is 493 g/mol. The van der Waals surface area contributed by atoms with Gasteiger partial charge in [-0.25, -0.2) is 0 Å². The first-order chi connectivity index (χ1) is 17.9. The number of H-pyrrole nitrogens is 1. The van der Waals surface area contributed by atoms with E-state index in [9.17, 15) is 14.4 Å². The zero-order chi connectivity index (χ0) is 25.7. The van der Waals surface area contributed by atoms with Crippen LogP contribution in [0.2, 0.25) is 0 Å². The third-order valence-corrected chi connectivity index (χ3v) is 7.49. The van der Waals surface area contributed by atoms with E-state index < -0.39 is 12.1 Å². The molecule has 2 aliphatic heterocycles. The minimum Gasteiger partial charge on any atom is -0.356 e. The molecule has 37 heavy (non-hydrogen) atoms. The highest BCUT2D eigenvalue weighted by molar-refractivity contribution is 6.04. The standard InChI is InChI=1S/C30H28N4O3/c1-17-11-13-19(14-12-17)16-31-28(35)18(2)32-29(36)25-15-23-20-7-5-6-10-24(20)33-26(23)27-21-8-3-4-9-22(21)30(37)34(25)27/h3-14,18,25,27,33H,15-16H2,1-2H3,(H,31,35)(H,32,36)/t18-,25-,27+/m0/s1. The topological polar surface area (TPSA) is 94.3 Å². The SMILES string of the molecule is Cc1ccc(CNC(=O)[C@H](C)NC(=O)[C@@H]2Cc3c([nH]c4ccccc34)[C@H]3c4ccccc4C(=O)N32)cc1. The van der Waals surface area contributed by atoms with Crippen LogP contribution in [0.1, 0.15) is 51.3 Å². The number of carbonyl (C=O) groups is 3. The summed E-state index contributed by atoms with van der Waals surface area (Å²) in [6, 6.07) is 21.6. The Morgan fingerprint density at radius 1 is 1.03 bits per heavy atom. The van der Waals surface area contributed by atoms with Gasteiger partial charge in [-0.2, -0.15) is 0 Å². The summed E-state index contributed by atoms with van der Waals surface area (Å²) in [5, 5.41) is 6.81. The number of nitrogens with one attached hydrogen (secondary N) is 3. The summed E-state index contributed by atoms with van der Waals surface area (Å²) in [5.74, 6) is -0.772. The maximum atomic E-state index is 13.6. The minimum absolute atomic E-state index is 0.165. The van der Waals surface area contributed by atoms with Crippen LogP contribution in [0.15, 0.2) is 72.8 Å². The molecular weight excluding hydrogens is 464 g/mol. The Bertz CT molecular complexity index is 1540. The molecule has 0 spiro atoms. The largest absolute Gasteiger partial charge is 0.356 e. The molecule has 0 bridgehead atoms. The predicted molar refractivity (Wildman–Crippen MR) is 141 cm³/mol. The van der Waals surface area contributed by atoms with Gasteiger partial charge < -0.3 is 20.5 Å². The molecule has 0 saturated heterocycles. The normalized spacial score (nSPS) is 18.6. The number of aryl methyl sites for hydroxylation is 1. The number of para-hydroxylation sites is 1. The Hall–Kier alpha value is -4.39. The number of hydrogen-bond acceptors (Lipinski definition) is 3. The van der Waals surface area contributed by atoms with E-state index in [-0.39, 0.29) is 23.8 Å². The van der Waals surface area contributed by atoms with Gasteiger partial charge in [0.1, 0.15) is 12.1 Å². The van der Waals surface area contributed by atoms with Crippen LogP contribution >= 0.6 is 0 Å². The van der Waals surface area contributed by atoms with Gasteiger partial charge in [-0.3, -0.25) is 14.4 Å². The molecule has 7 heteroatoms. The fraction of sp³-hybridized carbons (Fsp3) is 0.233. The number of nitrogens with zero attached hydrogens (tertiary/aromatic N) is 1. The highest BCUT2D eigenvalue weighted by atomic mass is 16.2. The Kier molecular flexibility index (Phi) is 5.56. The average Bonchev–Trinajstić information content (AvgIpc) is 3.43. The maximum absolute atomic E-state index is 13.6. The first-order valence-electron chi connectivity index (χ1n) is 12.6. The van der Waals surface area contributed by atoms with Gasteiger partial charge in [0.25, 0.3) is 5.91 Å². The van der Waals surface area contributed by atoms with E-state index in [1.54, 1.807) is 11.8 Å². The van der Waals surface area contributed by atoms with Crippen molar-refractivity contribution in [2.75, 3.05) is 0 Å². The van der Waals surface area contributed by atoms with E-state index in [1.165, 1.54) is 0 Å². The van der Waals surface area contributed by atoms with E-state index >= 15 is 0 Å². The van der Waals surface area contributed by atoms with Crippen molar-refractivity contribution in [2.45, 2.75) is 44.9 Å². The maximum Gasteiger partial charge on any atom is 0.255 e. The molecule has 1 aromatic heterocycles. The predicted octanol–water partition coefficient (Wildman–Crippen LogP) is 3.77. The lowest BCUT2D eigenvalue weighted by Gasteiger charge is -2.37. The van der Waals surface area contributed by atoms with Crippen molar-refractivity contribution in [1.82, 2.24) is 20.5 Å². The molecule has 0 radical (unpaired) electrons. The lowest BCUT2D eigenvalue weighted by atomic mass is 9.90. The van der Waals surface area contributed by atoms with E-state index in [1.807, 2.05) is 79.7 Å². The summed E-state index contributed by atoms with van der Waals surface area (Å²) in [5.41, 5.74) is 6.61. The van der Waals surface area contributed by atoms with Crippen molar-refractivity contribution in [3.05, 3.63) is 106 Å². The van der Waals surface area contributed by atoms with Crippen molar-refractivity contribution in [2.24, 2.45) is 0 Å². The number of rotatable bonds is 5. The van der Waals surface area contributed by atoms with Gasteiger partial charge in [-0.1, -0.05) is 66.2 Å². The Balaban J connectivity index is 1.26. The van der Waals surface area contributed by atoms with Crippen LogP contribution in [-0.2, 0) is 22.6 Å². The van der Waals surface area contributed by atoms with Gasteiger partial charge in [-0.05, 0) is 42.7 Å². The number of hydrogen-bond donors (Lipinski definition) is 3. The Labute approximate surface area is 214 Å². The minimum atomic E-state index is -0.749. The van der Waals surface area contributed by atoms with Crippen molar-refractivity contribution < 1.29 is 14.4 Å². The van der Waals surface area contributed by atoms with Gasteiger partial charge in [0, 0.05) is 35.1 Å². The number of amides is 3. The molecule has 6 rings (SSSR count). The summed E-state index contributed by atoms with van der Waals surface area (Å²) >= 11 is 0. The first kappa shape index (κ1) is 23.0. The summed E-state index contributed by atoms with van der Waals surface area (Å²) in [7, 11) is 0. The fourth-order valence-corrected chi connectivity index (χ4v) is 5.56. The van der Waals surface area contributed by atoms with Gasteiger partial charge in [0.15, 0.2) is 0 Å². The van der Waals surface area contributed by atoms with Crippen LogP contribution in [0.3, 0.4) is 0 Å². The molecule has 0 fully saturated rings. The molecular formula is C30H28N4O3. The Morgan fingerprint density at radius 2 is 1.76 bits per heavy atom. The quantitative estimate of drug-likeness (QED) is 0.396. The summed E-state index contributed by atoms with van der Waals surface area (Å²) in [4.78, 5) is 45.1. The van der Waals surface area contributed by atoms with E-state index in [2.05, 4.69) is 15.6 Å². The van der Waals surface area contributed by atoms with Crippen molar-refractivity contribution >= 4 is 28.6 Å². The number of aromatic amines is 1. The van der Waals surface area contributed by atoms with Gasteiger partial charge in [-0.15, -0.1) is 0 Å². The van der Waals surface area contributed by atoms with Crippen LogP contribution in [-0.4, -0.2) is 39.7 Å². The van der Waals surface area contributed by atoms with Crippen molar-refractivity contribution in [1.29, 1.82) is 0 Å². The molecule has 2 aliphatic rings. The second-order valence-electron chi connectivity index (χ2n) is 9.92. The lowest BCUT2D eigenvalue weighted by Crippen LogP contribution is -2.55. The van der Waals surface area contributed by atoms with Crippen LogP contribution in [0.5, 0.6) is 0 Å². The highest BCUT2D eigenvalue weighted by Gasteiger charge is 2.49.